The summed E-state index contributed by atoms with van der Waals surface area (Å²) in [5.41, 5.74) is 11.2. The topological polar surface area (TPSA) is 445 Å². The standard InChI is InChI=1S/C42H52N6O8.C32H28N6O4S2.C18H22N4O4.C12H16BrNO2/c1-41(2,3)55-39(51)45-31-19-15-29(16-20-31)25-47(27-33-11-9-13-35(43-33)37(49)53-7)23-24-48(28-34-12-10-14-36(44-34)38(50)54-8)26-30-17-21-32(22-18-30)46-40(52)56-42(4,5)6;33-21-44-28-13-9-24(10-14-28)18-38(20-27-4-2-6-30(36-27)32(41)42)16-15-37(17-23-7-11-25(12-8-23)34-22-43)19-26-3-1-5-29(35-26)31(39)40;1-25-17(23)15-7-3-5-13(21-15)11-19-9-10-20-12-14-6-4-8-16(22-14)18(24)26-2;1-12(2,3)16-11(15)14-10-6-4-9(8-13)5-7-10/h9-22H,23-28H2,1-8H3,(H,45,51)(H,46,52);1-14H,15-20H2,(H,39,40)(H,41,42);3-8,19-20H,9-12H2,1-2H3;4-7H,8H2,1-3H3,(H,14,15). The molecule has 3 amide bonds. The zero-order valence-electron chi connectivity index (χ0n) is 81.4. The van der Waals surface area contributed by atoms with Crippen LogP contribution in [0.3, 0.4) is 0 Å². The van der Waals surface area contributed by atoms with Crippen molar-refractivity contribution in [2.45, 2.75) is 155 Å². The van der Waals surface area contributed by atoms with Gasteiger partial charge in [-0.15, -0.1) is 0 Å². The lowest BCUT2D eigenvalue weighted by molar-refractivity contribution is 0.0584. The number of thiocyanates is 1. The molecule has 11 aromatic rings. The molecule has 5 aromatic carbocycles. The Morgan fingerprint density at radius 3 is 0.880 bits per heavy atom. The van der Waals surface area contributed by atoms with Crippen molar-refractivity contribution in [3.63, 3.8) is 0 Å². The number of carbonyl (C=O) groups excluding carboxylic acids is 7. The smallest absolute Gasteiger partial charge is 0.412 e. The second kappa shape index (κ2) is 57.9. The Kier molecular flexibility index (Phi) is 46.0. The van der Waals surface area contributed by atoms with Gasteiger partial charge in [0.25, 0.3) is 0 Å². The number of ether oxygens (including phenoxy) is 7. The Balaban J connectivity index is 0.000000253. The third-order valence-corrected chi connectivity index (χ3v) is 21.1. The number of hydrogen-bond donors (Lipinski definition) is 7. The van der Waals surface area contributed by atoms with E-state index in [0.717, 1.165) is 66.9 Å². The van der Waals surface area contributed by atoms with Crippen LogP contribution in [0, 0.1) is 10.7 Å². The lowest BCUT2D eigenvalue weighted by Crippen LogP contribution is -2.35. The molecular formula is C104H118BrN17O18S2. The van der Waals surface area contributed by atoms with Gasteiger partial charge in [0.1, 0.15) is 56.4 Å². The molecule has 0 spiro atoms. The molecule has 0 aliphatic carbocycles. The van der Waals surface area contributed by atoms with Crippen LogP contribution in [0.1, 0.15) is 187 Å². The molecule has 0 aliphatic heterocycles. The monoisotopic (exact) mass is 2040 g/mol. The van der Waals surface area contributed by atoms with Crippen LogP contribution in [0.15, 0.2) is 240 Å². The van der Waals surface area contributed by atoms with E-state index >= 15 is 0 Å². The summed E-state index contributed by atoms with van der Waals surface area (Å²) in [5, 5.41) is 47.8. The third-order valence-electron chi connectivity index (χ3n) is 19.7. The minimum Gasteiger partial charge on any atom is -0.477 e. The largest absolute Gasteiger partial charge is 0.477 e. The fourth-order valence-electron chi connectivity index (χ4n) is 13.3. The second-order valence-electron chi connectivity index (χ2n) is 34.7. The van der Waals surface area contributed by atoms with E-state index in [1.165, 1.54) is 40.6 Å². The number of aromatic carboxylic acids is 2. The fourth-order valence-corrected chi connectivity index (χ4v) is 14.1. The minimum atomic E-state index is -1.09. The van der Waals surface area contributed by atoms with Gasteiger partial charge in [0.05, 0.1) is 73.5 Å². The number of rotatable bonds is 41. The first-order chi connectivity index (χ1) is 67.8. The number of hydrogen-bond acceptors (Lipinski definition) is 32. The van der Waals surface area contributed by atoms with Crippen molar-refractivity contribution in [1.29, 1.82) is 5.26 Å². The molecule has 0 fully saturated rings. The summed E-state index contributed by atoms with van der Waals surface area (Å²) in [6, 6.07) is 68.8. The van der Waals surface area contributed by atoms with Gasteiger partial charge in [-0.05, 0) is 248 Å². The van der Waals surface area contributed by atoms with Crippen LogP contribution >= 0.6 is 39.9 Å². The number of benzene rings is 5. The van der Waals surface area contributed by atoms with Gasteiger partial charge in [-0.3, -0.25) is 35.6 Å². The van der Waals surface area contributed by atoms with Gasteiger partial charge in [-0.1, -0.05) is 113 Å². The lowest BCUT2D eigenvalue weighted by Gasteiger charge is -2.28. The number of aliphatic imine (C=N–C) groups is 1. The van der Waals surface area contributed by atoms with Crippen LogP contribution in [0.5, 0.6) is 0 Å². The van der Waals surface area contributed by atoms with Crippen molar-refractivity contribution < 1.29 is 86.5 Å². The van der Waals surface area contributed by atoms with Crippen molar-refractivity contribution in [2.75, 3.05) is 83.7 Å². The fraction of sp³-hybridized carbons (Fsp3) is 0.317. The highest BCUT2D eigenvalue weighted by Gasteiger charge is 2.24. The number of alkyl halides is 1. The maximum atomic E-state index is 12.3. The van der Waals surface area contributed by atoms with Crippen molar-refractivity contribution in [3.05, 3.63) is 327 Å². The van der Waals surface area contributed by atoms with Crippen LogP contribution in [-0.4, -0.2) is 203 Å². The van der Waals surface area contributed by atoms with Crippen LogP contribution < -0.4 is 26.6 Å². The van der Waals surface area contributed by atoms with Crippen molar-refractivity contribution >= 4 is 122 Å². The molecule has 6 heterocycles. The Morgan fingerprint density at radius 2 is 0.620 bits per heavy atom. The SMILES string of the molecule is CC(C)(C)OC(=O)Nc1ccc(CBr)cc1.COC(=O)c1cccc(CN(CCN(Cc2ccc(NC(=O)OC(C)(C)C)cc2)Cc2cccc(C(=O)OC)n2)Cc2ccc(NC(=O)OC(C)(C)C)cc2)n1.COC(=O)c1cccc(CNCCNCc2cccc(C(=O)OC)n2)n1.N#CSc1ccc(CN(CCN(Cc2ccc(N=C=S)cc2)Cc2cccc(C(=O)O)n2)Cc2cccc(C(=O)O)n2)cc1. The first-order valence-electron chi connectivity index (χ1n) is 44.9. The normalized spacial score (nSPS) is 11.0. The molecule has 0 saturated heterocycles. The summed E-state index contributed by atoms with van der Waals surface area (Å²) < 4.78 is 35.0. The minimum absolute atomic E-state index is 0.0196. The molecule has 35 nitrogen and oxygen atoms in total. The summed E-state index contributed by atoms with van der Waals surface area (Å²) >= 11 is 9.16. The van der Waals surface area contributed by atoms with Gasteiger partial charge in [0.2, 0.25) is 0 Å². The Morgan fingerprint density at radius 1 is 0.366 bits per heavy atom. The number of nitrogens with zero attached hydrogens (tertiary/aromatic N) is 12. The molecule has 6 aromatic heterocycles. The summed E-state index contributed by atoms with van der Waals surface area (Å²) in [4.78, 5) is 147. The Labute approximate surface area is 844 Å². The predicted octanol–water partition coefficient (Wildman–Crippen LogP) is 18.2. The van der Waals surface area contributed by atoms with Gasteiger partial charge < -0.3 is 54.0 Å². The van der Waals surface area contributed by atoms with E-state index in [4.69, 9.17) is 41.2 Å². The Hall–Kier alpha value is -14.5. The number of halogens is 1. The van der Waals surface area contributed by atoms with E-state index in [1.54, 1.807) is 114 Å². The molecule has 11 rings (SSSR count). The molecule has 0 atom stereocenters. The molecule has 7 N–H and O–H groups in total. The van der Waals surface area contributed by atoms with Crippen LogP contribution in [-0.2, 0) is 104 Å². The van der Waals surface area contributed by atoms with E-state index in [-0.39, 0.29) is 22.8 Å². The molecular weight excluding hydrogens is 1920 g/mol. The number of amides is 3. The van der Waals surface area contributed by atoms with Gasteiger partial charge in [0.15, 0.2) is 0 Å². The summed E-state index contributed by atoms with van der Waals surface area (Å²) in [6.45, 7) is 24.9. The number of carboxylic acids is 2. The average molecular weight is 2040 g/mol. The number of esters is 4. The van der Waals surface area contributed by atoms with Gasteiger partial charge in [-0.2, -0.15) is 10.3 Å². The molecule has 746 valence electrons. The number of nitrogens with one attached hydrogen (secondary N) is 5. The molecule has 0 radical (unpaired) electrons. The summed E-state index contributed by atoms with van der Waals surface area (Å²) in [7, 11) is 5.30. The van der Waals surface area contributed by atoms with Gasteiger partial charge in [0, 0.05) is 132 Å². The highest BCUT2D eigenvalue weighted by Crippen LogP contribution is 2.25. The number of isothiocyanates is 1. The molecule has 0 saturated carbocycles. The van der Waals surface area contributed by atoms with Crippen LogP contribution in [0.2, 0.25) is 0 Å². The van der Waals surface area contributed by atoms with Gasteiger partial charge >= 0.3 is 54.1 Å². The maximum Gasteiger partial charge on any atom is 0.412 e. The first-order valence-corrected chi connectivity index (χ1v) is 47.2. The highest BCUT2D eigenvalue weighted by molar-refractivity contribution is 9.08. The van der Waals surface area contributed by atoms with Gasteiger partial charge in [-0.25, -0.2) is 73.1 Å². The number of aromatic nitrogens is 6. The first kappa shape index (κ1) is 113. The zero-order chi connectivity index (χ0) is 103. The van der Waals surface area contributed by atoms with Crippen LogP contribution in [0.25, 0.3) is 0 Å². The maximum absolute atomic E-state index is 12.3. The second-order valence-corrected chi connectivity index (χ2v) is 36.3. The number of pyridine rings is 6. The number of nitriles is 1. The lowest BCUT2D eigenvalue weighted by atomic mass is 10.1. The number of thiocarbonyl (C=S) groups is 1. The Bertz CT molecular complexity index is 5880. The van der Waals surface area contributed by atoms with E-state index < -0.39 is 70.9 Å². The molecule has 0 unspecified atom stereocenters. The molecule has 0 aliphatic rings. The molecule has 38 heteroatoms. The third kappa shape index (κ3) is 42.7. The highest BCUT2D eigenvalue weighted by atomic mass is 79.9. The number of methoxy groups -OCH3 is 4. The van der Waals surface area contributed by atoms with E-state index in [0.29, 0.717) is 156 Å². The zero-order valence-corrected chi connectivity index (χ0v) is 84.7. The summed E-state index contributed by atoms with van der Waals surface area (Å²) in [6.07, 6.45) is -1.51. The van der Waals surface area contributed by atoms with Crippen molar-refractivity contribution in [3.8, 4) is 5.40 Å². The average Bonchev–Trinajstić information content (AvgIpc) is 0.852. The number of thioether (sulfide) groups is 1. The summed E-state index contributed by atoms with van der Waals surface area (Å²) in [5.74, 6) is -4.12. The molecule has 0 bridgehead atoms. The quantitative estimate of drug-likeness (QED) is 0.00273. The number of carboxylic acid groups (broad SMARTS) is 2. The van der Waals surface area contributed by atoms with Crippen LogP contribution in [0.4, 0.5) is 37.1 Å². The number of carbonyl (C=O) groups is 9. The molecule has 142 heavy (non-hydrogen) atoms. The van der Waals surface area contributed by atoms with E-state index in [9.17, 15) is 53.4 Å². The van der Waals surface area contributed by atoms with Crippen molar-refractivity contribution in [1.82, 2.24) is 60.1 Å². The predicted molar refractivity (Wildman–Crippen MR) is 545 cm³/mol. The van der Waals surface area contributed by atoms with E-state index in [2.05, 4.69) is 117 Å². The van der Waals surface area contributed by atoms with E-state index in [1.807, 2.05) is 166 Å². The number of anilines is 3. The van der Waals surface area contributed by atoms with Crippen molar-refractivity contribution in [2.24, 2.45) is 4.99 Å².